The number of rotatable bonds is 3. The zero-order valence-corrected chi connectivity index (χ0v) is 12.2. The first-order chi connectivity index (χ1) is 9.96. The highest BCUT2D eigenvalue weighted by atomic mass is 35.5. The van der Waals surface area contributed by atoms with Crippen LogP contribution in [0.15, 0.2) is 58.3 Å². The lowest BCUT2D eigenvalue weighted by molar-refractivity contribution is 0.603. The Morgan fingerprint density at radius 1 is 1.14 bits per heavy atom. The average molecular weight is 322 g/mol. The molecule has 0 saturated carbocycles. The van der Waals surface area contributed by atoms with E-state index < -0.39 is 20.6 Å². The third-order valence-corrected chi connectivity index (χ3v) is 4.74. The van der Waals surface area contributed by atoms with Crippen molar-refractivity contribution in [2.75, 3.05) is 0 Å². The molecule has 21 heavy (non-hydrogen) atoms. The van der Waals surface area contributed by atoms with Crippen LogP contribution in [-0.2, 0) is 9.84 Å². The summed E-state index contributed by atoms with van der Waals surface area (Å²) in [4.78, 5) is -0.606. The second kappa shape index (κ2) is 6.08. The predicted molar refractivity (Wildman–Crippen MR) is 78.6 cm³/mol. The minimum absolute atomic E-state index is 0.0333. The molecule has 3 nitrogen and oxygen atoms in total. The van der Waals surface area contributed by atoms with E-state index in [1.165, 1.54) is 36.4 Å². The molecule has 0 heterocycles. The van der Waals surface area contributed by atoms with E-state index in [0.717, 1.165) is 12.1 Å². The van der Waals surface area contributed by atoms with Gasteiger partial charge in [-0.05, 0) is 30.3 Å². The average Bonchev–Trinajstić information content (AvgIpc) is 2.47. The van der Waals surface area contributed by atoms with Gasteiger partial charge in [-0.3, -0.25) is 0 Å². The fraction of sp³-hybridized carbons (Fsp3) is 0. The van der Waals surface area contributed by atoms with Crippen molar-refractivity contribution in [2.24, 2.45) is 0 Å². The normalized spacial score (nSPS) is 12.0. The van der Waals surface area contributed by atoms with E-state index in [1.54, 1.807) is 12.1 Å². The van der Waals surface area contributed by atoms with Crippen LogP contribution in [0.4, 0.5) is 4.39 Å². The van der Waals surface area contributed by atoms with Gasteiger partial charge in [-0.1, -0.05) is 35.9 Å². The Balaban J connectivity index is 2.61. The van der Waals surface area contributed by atoms with E-state index in [2.05, 4.69) is 0 Å². The summed E-state index contributed by atoms with van der Waals surface area (Å²) in [6, 6.07) is 13.0. The summed E-state index contributed by atoms with van der Waals surface area (Å²) in [7, 11) is -4.01. The largest absolute Gasteiger partial charge is 0.218 e. The van der Waals surface area contributed by atoms with Crippen LogP contribution in [0.5, 0.6) is 0 Å². The summed E-state index contributed by atoms with van der Waals surface area (Å²) in [5.41, 5.74) is -0.129. The van der Waals surface area contributed by atoms with Gasteiger partial charge in [0.2, 0.25) is 9.84 Å². The van der Waals surface area contributed by atoms with Crippen molar-refractivity contribution in [1.82, 2.24) is 0 Å². The number of halogens is 2. The molecule has 2 rings (SSSR count). The molecule has 0 spiro atoms. The van der Waals surface area contributed by atoms with Gasteiger partial charge in [0.25, 0.3) is 0 Å². The molecular weight excluding hydrogens is 313 g/mol. The monoisotopic (exact) mass is 321 g/mol. The predicted octanol–water partition coefficient (Wildman–Crippen LogP) is 3.82. The van der Waals surface area contributed by atoms with E-state index in [-0.39, 0.29) is 15.5 Å². The number of sulfone groups is 1. The molecule has 0 amide bonds. The highest BCUT2D eigenvalue weighted by molar-refractivity contribution is 7.95. The van der Waals surface area contributed by atoms with Gasteiger partial charge in [0.1, 0.15) is 16.8 Å². The number of hydrogen-bond acceptors (Lipinski definition) is 3. The van der Waals surface area contributed by atoms with E-state index >= 15 is 0 Å². The van der Waals surface area contributed by atoms with Crippen molar-refractivity contribution in [1.29, 1.82) is 5.26 Å². The second-order valence-electron chi connectivity index (χ2n) is 4.07. The molecule has 0 N–H and O–H groups in total. The summed E-state index contributed by atoms with van der Waals surface area (Å²) in [6.07, 6.45) is 0.944. The molecule has 6 heteroatoms. The van der Waals surface area contributed by atoms with E-state index in [4.69, 9.17) is 16.9 Å². The standard InChI is InChI=1S/C15H9ClFNO2S/c16-14-7-4-8-15(17)13(14)9-12(10-18)21(19,20)11-5-2-1-3-6-11/h1-9H. The lowest BCUT2D eigenvalue weighted by atomic mass is 10.2. The smallest absolute Gasteiger partial charge is 0.216 e. The molecule has 0 saturated heterocycles. The summed E-state index contributed by atoms with van der Waals surface area (Å²) in [5, 5.41) is 9.14. The van der Waals surface area contributed by atoms with E-state index in [0.29, 0.717) is 0 Å². The van der Waals surface area contributed by atoms with Crippen molar-refractivity contribution >= 4 is 27.5 Å². The van der Waals surface area contributed by atoms with Gasteiger partial charge in [0, 0.05) is 5.56 Å². The zero-order valence-electron chi connectivity index (χ0n) is 10.6. The number of benzene rings is 2. The van der Waals surface area contributed by atoms with Gasteiger partial charge in [0.05, 0.1) is 9.92 Å². The summed E-state index contributed by atoms with van der Waals surface area (Å²) in [6.45, 7) is 0. The molecule has 0 aliphatic carbocycles. The zero-order chi connectivity index (χ0) is 15.5. The number of nitriles is 1. The third-order valence-electron chi connectivity index (χ3n) is 2.73. The van der Waals surface area contributed by atoms with Gasteiger partial charge in [-0.15, -0.1) is 0 Å². The van der Waals surface area contributed by atoms with Crippen LogP contribution in [0.2, 0.25) is 5.02 Å². The first kappa shape index (κ1) is 15.2. The number of nitrogens with zero attached hydrogens (tertiary/aromatic N) is 1. The maximum Gasteiger partial charge on any atom is 0.216 e. The van der Waals surface area contributed by atoms with Crippen molar-refractivity contribution < 1.29 is 12.8 Å². The Hall–Kier alpha value is -2.16. The molecule has 0 fully saturated rings. The van der Waals surface area contributed by atoms with Gasteiger partial charge >= 0.3 is 0 Å². The fourth-order valence-electron chi connectivity index (χ4n) is 1.68. The minimum atomic E-state index is -4.01. The Morgan fingerprint density at radius 2 is 1.81 bits per heavy atom. The molecule has 2 aromatic rings. The van der Waals surface area contributed by atoms with Crippen LogP contribution in [0.25, 0.3) is 6.08 Å². The maximum absolute atomic E-state index is 13.7. The number of allylic oxidation sites excluding steroid dienone is 1. The summed E-state index contributed by atoms with van der Waals surface area (Å²) >= 11 is 5.84. The fourth-order valence-corrected chi connectivity index (χ4v) is 3.06. The van der Waals surface area contributed by atoms with Gasteiger partial charge in [-0.25, -0.2) is 12.8 Å². The molecule has 0 aliphatic heterocycles. The van der Waals surface area contributed by atoms with E-state index in [1.807, 2.05) is 0 Å². The van der Waals surface area contributed by atoms with Crippen LogP contribution in [0.3, 0.4) is 0 Å². The molecule has 106 valence electrons. The third kappa shape index (κ3) is 3.13. The molecule has 0 aromatic heterocycles. The molecule has 0 atom stereocenters. The van der Waals surface area contributed by atoms with Crippen molar-refractivity contribution in [3.05, 3.63) is 69.8 Å². The maximum atomic E-state index is 13.7. The molecule has 0 aliphatic rings. The Kier molecular flexibility index (Phi) is 4.41. The molecule has 0 radical (unpaired) electrons. The quantitative estimate of drug-likeness (QED) is 0.807. The van der Waals surface area contributed by atoms with Gasteiger partial charge in [-0.2, -0.15) is 5.26 Å². The van der Waals surface area contributed by atoms with Crippen molar-refractivity contribution in [3.63, 3.8) is 0 Å². The van der Waals surface area contributed by atoms with Gasteiger partial charge < -0.3 is 0 Å². The Labute approximate surface area is 126 Å². The molecule has 0 bridgehead atoms. The van der Waals surface area contributed by atoms with Crippen LogP contribution >= 0.6 is 11.6 Å². The molecular formula is C15H9ClFNO2S. The highest BCUT2D eigenvalue weighted by Crippen LogP contribution is 2.26. The minimum Gasteiger partial charge on any atom is -0.218 e. The first-order valence-corrected chi connectivity index (χ1v) is 7.69. The van der Waals surface area contributed by atoms with Crippen molar-refractivity contribution in [2.45, 2.75) is 4.90 Å². The molecule has 2 aromatic carbocycles. The van der Waals surface area contributed by atoms with Crippen LogP contribution < -0.4 is 0 Å². The highest BCUT2D eigenvalue weighted by Gasteiger charge is 2.21. The topological polar surface area (TPSA) is 57.9 Å². The Morgan fingerprint density at radius 3 is 2.38 bits per heavy atom. The number of hydrogen-bond donors (Lipinski definition) is 0. The van der Waals surface area contributed by atoms with E-state index in [9.17, 15) is 12.8 Å². The van der Waals surface area contributed by atoms with Crippen LogP contribution in [0.1, 0.15) is 5.56 Å². The second-order valence-corrected chi connectivity index (χ2v) is 6.40. The Bertz CT molecular complexity index is 819. The lowest BCUT2D eigenvalue weighted by Gasteiger charge is -2.04. The SMILES string of the molecule is N#CC(=Cc1c(F)cccc1Cl)S(=O)(=O)c1ccccc1. The van der Waals surface area contributed by atoms with Crippen LogP contribution in [-0.4, -0.2) is 8.42 Å². The lowest BCUT2D eigenvalue weighted by Crippen LogP contribution is -2.03. The van der Waals surface area contributed by atoms with Gasteiger partial charge in [0.15, 0.2) is 0 Å². The first-order valence-electron chi connectivity index (χ1n) is 5.83. The van der Waals surface area contributed by atoms with Crippen molar-refractivity contribution in [3.8, 4) is 6.07 Å². The van der Waals surface area contributed by atoms with Crippen LogP contribution in [0, 0.1) is 17.1 Å². The molecule has 0 unspecified atom stereocenters. The summed E-state index contributed by atoms with van der Waals surface area (Å²) < 4.78 is 38.4. The summed E-state index contributed by atoms with van der Waals surface area (Å²) in [5.74, 6) is -0.696.